The smallest absolute Gasteiger partial charge is 0.342 e. The quantitative estimate of drug-likeness (QED) is 0.501. The van der Waals surface area contributed by atoms with Crippen molar-refractivity contribution >= 4 is 16.9 Å². The maximum atomic E-state index is 12.0. The molecule has 0 aliphatic carbocycles. The van der Waals surface area contributed by atoms with Crippen LogP contribution in [0.5, 0.6) is 11.5 Å². The van der Waals surface area contributed by atoms with E-state index in [2.05, 4.69) is 4.74 Å². The average molecular weight is 320 g/mol. The normalized spacial score (nSPS) is 13.0. The highest BCUT2D eigenvalue weighted by Crippen LogP contribution is 2.34. The van der Waals surface area contributed by atoms with Crippen LogP contribution < -0.4 is 10.4 Å². The second-order valence-electron chi connectivity index (χ2n) is 4.81. The second kappa shape index (κ2) is 6.53. The number of hydrogen-bond donors (Lipinski definition) is 2. The highest BCUT2D eigenvalue weighted by Gasteiger charge is 2.17. The number of aromatic hydroxyl groups is 1. The molecule has 122 valence electrons. The van der Waals surface area contributed by atoms with Crippen LogP contribution >= 0.6 is 0 Å². The average Bonchev–Trinajstić information content (AvgIpc) is 2.54. The van der Waals surface area contributed by atoms with Gasteiger partial charge in [-0.3, -0.25) is 0 Å². The third-order valence-corrected chi connectivity index (χ3v) is 3.32. The number of carbonyl (C=O) groups is 1. The summed E-state index contributed by atoms with van der Waals surface area (Å²) < 4.78 is 14.5. The lowest BCUT2D eigenvalue weighted by molar-refractivity contribution is -0.136. The minimum absolute atomic E-state index is 0.0426. The number of esters is 1. The van der Waals surface area contributed by atoms with Crippen molar-refractivity contribution in [3.8, 4) is 11.5 Å². The summed E-state index contributed by atoms with van der Waals surface area (Å²) in [6.45, 7) is 1.45. The lowest BCUT2D eigenvalue weighted by atomic mass is 10.1. The largest absolute Gasteiger partial charge is 0.502 e. The van der Waals surface area contributed by atoms with Crippen LogP contribution in [0.15, 0.2) is 39.1 Å². The Morgan fingerprint density at radius 3 is 2.65 bits per heavy atom. The van der Waals surface area contributed by atoms with Crippen molar-refractivity contribution in [3.63, 3.8) is 0 Å². The van der Waals surface area contributed by atoms with Crippen LogP contribution in [0.1, 0.15) is 18.6 Å². The number of hydrogen-bond acceptors (Lipinski definition) is 7. The number of carbonyl (C=O) groups excluding carboxylic acids is 1. The van der Waals surface area contributed by atoms with Crippen molar-refractivity contribution in [3.05, 3.63) is 45.8 Å². The molecular weight excluding hydrogens is 304 g/mol. The molecule has 0 radical (unpaired) electrons. The van der Waals surface area contributed by atoms with Crippen molar-refractivity contribution in [2.24, 2.45) is 0 Å². The first-order valence-electron chi connectivity index (χ1n) is 6.67. The summed E-state index contributed by atoms with van der Waals surface area (Å²) in [6.07, 6.45) is -0.160. The number of phenols is 1. The first kappa shape index (κ1) is 16.6. The predicted molar refractivity (Wildman–Crippen MR) is 81.4 cm³/mol. The van der Waals surface area contributed by atoms with Crippen molar-refractivity contribution in [1.82, 2.24) is 0 Å². The number of fused-ring (bicyclic) bond motifs is 1. The second-order valence-corrected chi connectivity index (χ2v) is 4.81. The zero-order chi connectivity index (χ0) is 17.1. The minimum Gasteiger partial charge on any atom is -0.502 e. The number of phenolic OH excluding ortho intramolecular Hbond substituents is 1. The molecule has 0 spiro atoms. The van der Waals surface area contributed by atoms with Gasteiger partial charge < -0.3 is 24.1 Å². The Labute approximate surface area is 131 Å². The van der Waals surface area contributed by atoms with Crippen molar-refractivity contribution in [2.45, 2.75) is 13.0 Å². The maximum absolute atomic E-state index is 12.0. The molecule has 2 rings (SSSR count). The van der Waals surface area contributed by atoms with Gasteiger partial charge in [0, 0.05) is 11.0 Å². The van der Waals surface area contributed by atoms with E-state index < -0.39 is 17.7 Å². The van der Waals surface area contributed by atoms with Gasteiger partial charge in [0.2, 0.25) is 5.75 Å². The standard InChI is InChI=1S/C16H16O7/c1-8(15(19)22-3)6-11(17)10-7-9-4-5-12(21-2)13(18)14(9)23-16(10)20/h4-7,11,17-18H,1-3H3/b8-6+/t11-/m1/s1. The minimum atomic E-state index is -1.35. The van der Waals surface area contributed by atoms with E-state index >= 15 is 0 Å². The van der Waals surface area contributed by atoms with Crippen LogP contribution in [0.25, 0.3) is 11.0 Å². The van der Waals surface area contributed by atoms with Crippen LogP contribution in [0.4, 0.5) is 0 Å². The molecule has 2 N–H and O–H groups in total. The molecule has 0 amide bonds. The summed E-state index contributed by atoms with van der Waals surface area (Å²) in [5.41, 5.74) is -0.788. The van der Waals surface area contributed by atoms with Crippen LogP contribution in [0.3, 0.4) is 0 Å². The lowest BCUT2D eigenvalue weighted by Gasteiger charge is -2.09. The molecule has 0 bridgehead atoms. The zero-order valence-corrected chi connectivity index (χ0v) is 12.8. The molecule has 7 heteroatoms. The van der Waals surface area contributed by atoms with Gasteiger partial charge in [-0.1, -0.05) is 0 Å². The van der Waals surface area contributed by atoms with E-state index in [1.807, 2.05) is 0 Å². The SMILES string of the molecule is COC(=O)/C(C)=C/[C@@H](O)c1cc2ccc(OC)c(O)c2oc1=O. The molecular formula is C16H16O7. The Balaban J connectivity index is 2.53. The van der Waals surface area contributed by atoms with Gasteiger partial charge in [0.25, 0.3) is 0 Å². The summed E-state index contributed by atoms with van der Waals surface area (Å²) in [6, 6.07) is 4.46. The molecule has 1 heterocycles. The summed E-state index contributed by atoms with van der Waals surface area (Å²) >= 11 is 0. The van der Waals surface area contributed by atoms with Crippen molar-refractivity contribution in [1.29, 1.82) is 0 Å². The highest BCUT2D eigenvalue weighted by atomic mass is 16.5. The van der Waals surface area contributed by atoms with Crippen LogP contribution in [-0.2, 0) is 9.53 Å². The molecule has 0 unspecified atom stereocenters. The fourth-order valence-corrected chi connectivity index (χ4v) is 2.09. The van der Waals surface area contributed by atoms with Crippen molar-refractivity contribution in [2.75, 3.05) is 14.2 Å². The third-order valence-electron chi connectivity index (χ3n) is 3.32. The van der Waals surface area contributed by atoms with Gasteiger partial charge in [0.1, 0.15) is 6.10 Å². The van der Waals surface area contributed by atoms with Gasteiger partial charge in [-0.25, -0.2) is 9.59 Å². The van der Waals surface area contributed by atoms with E-state index in [0.717, 1.165) is 0 Å². The molecule has 2 aromatic rings. The van der Waals surface area contributed by atoms with Gasteiger partial charge in [-0.2, -0.15) is 0 Å². The molecule has 0 aliphatic heterocycles. The summed E-state index contributed by atoms with van der Waals surface area (Å²) in [7, 11) is 2.59. The van der Waals surface area contributed by atoms with E-state index in [1.165, 1.54) is 39.4 Å². The number of ether oxygens (including phenoxy) is 2. The lowest BCUT2D eigenvalue weighted by Crippen LogP contribution is -2.12. The van der Waals surface area contributed by atoms with E-state index in [4.69, 9.17) is 9.15 Å². The van der Waals surface area contributed by atoms with Crippen LogP contribution in [0, 0.1) is 0 Å². The monoisotopic (exact) mass is 320 g/mol. The summed E-state index contributed by atoms with van der Waals surface area (Å²) in [5, 5.41) is 20.5. The molecule has 0 fully saturated rings. The number of methoxy groups -OCH3 is 2. The zero-order valence-electron chi connectivity index (χ0n) is 12.8. The van der Waals surface area contributed by atoms with Gasteiger partial charge in [0.15, 0.2) is 11.3 Å². The van der Waals surface area contributed by atoms with E-state index in [0.29, 0.717) is 5.39 Å². The Hall–Kier alpha value is -2.80. The number of aliphatic hydroxyl groups is 1. The van der Waals surface area contributed by atoms with Crippen molar-refractivity contribution < 1.29 is 28.9 Å². The first-order valence-corrected chi connectivity index (χ1v) is 6.67. The van der Waals surface area contributed by atoms with Gasteiger partial charge in [0.05, 0.1) is 19.8 Å². The van der Waals surface area contributed by atoms with Gasteiger partial charge in [-0.15, -0.1) is 0 Å². The Morgan fingerprint density at radius 1 is 1.35 bits per heavy atom. The predicted octanol–water partition coefficient (Wildman–Crippen LogP) is 1.66. The summed E-state index contributed by atoms with van der Waals surface area (Å²) in [5.74, 6) is -0.753. The topological polar surface area (TPSA) is 106 Å². The molecule has 0 saturated heterocycles. The Bertz CT molecular complexity index is 832. The summed E-state index contributed by atoms with van der Waals surface area (Å²) in [4.78, 5) is 23.4. The van der Waals surface area contributed by atoms with Crippen LogP contribution in [0.2, 0.25) is 0 Å². The Morgan fingerprint density at radius 2 is 2.04 bits per heavy atom. The van der Waals surface area contributed by atoms with E-state index in [1.54, 1.807) is 6.07 Å². The molecule has 1 atom stereocenters. The highest BCUT2D eigenvalue weighted by molar-refractivity contribution is 5.88. The molecule has 0 saturated carbocycles. The van der Waals surface area contributed by atoms with Gasteiger partial charge >= 0.3 is 11.6 Å². The van der Waals surface area contributed by atoms with E-state index in [-0.39, 0.29) is 28.2 Å². The molecule has 1 aromatic heterocycles. The molecule has 7 nitrogen and oxygen atoms in total. The first-order chi connectivity index (χ1) is 10.9. The number of aliphatic hydroxyl groups excluding tert-OH is 1. The molecule has 23 heavy (non-hydrogen) atoms. The molecule has 0 aliphatic rings. The number of benzene rings is 1. The third kappa shape index (κ3) is 3.19. The number of rotatable bonds is 4. The molecule has 1 aromatic carbocycles. The Kier molecular flexibility index (Phi) is 4.71. The maximum Gasteiger partial charge on any atom is 0.342 e. The van der Waals surface area contributed by atoms with E-state index in [9.17, 15) is 19.8 Å². The fraction of sp³-hybridized carbons (Fsp3) is 0.250. The fourth-order valence-electron chi connectivity index (χ4n) is 2.09. The van der Waals surface area contributed by atoms with Crippen LogP contribution in [-0.4, -0.2) is 30.4 Å². The van der Waals surface area contributed by atoms with Gasteiger partial charge in [-0.05, 0) is 31.2 Å².